The van der Waals surface area contributed by atoms with Crippen LogP contribution in [-0.2, 0) is 0 Å². The van der Waals surface area contributed by atoms with Gasteiger partial charge in [-0.2, -0.15) is 0 Å². The van der Waals surface area contributed by atoms with Crippen LogP contribution in [0.2, 0.25) is 0 Å². The zero-order chi connectivity index (χ0) is 9.26. The van der Waals surface area contributed by atoms with Crippen molar-refractivity contribution in [1.29, 1.82) is 5.41 Å². The molecule has 0 radical (unpaired) electrons. The molecule has 3 N–H and O–H groups in total. The van der Waals surface area contributed by atoms with E-state index in [9.17, 15) is 0 Å². The second kappa shape index (κ2) is 3.09. The Balaban J connectivity index is 2.23. The number of para-hydroxylation sites is 1. The smallest absolute Gasteiger partial charge is 0.122 e. The molecule has 68 valence electrons. The number of benzene rings is 1. The Kier molecular flexibility index (Phi) is 1.93. The van der Waals surface area contributed by atoms with Crippen LogP contribution in [0.1, 0.15) is 17.9 Å². The van der Waals surface area contributed by atoms with Crippen LogP contribution >= 0.6 is 0 Å². The minimum absolute atomic E-state index is 0.227. The second-order valence-electron chi connectivity index (χ2n) is 3.28. The predicted octanol–water partition coefficient (Wildman–Crippen LogP) is 1.49. The molecule has 0 saturated heterocycles. The number of ether oxygens (including phenoxy) is 1. The summed E-state index contributed by atoms with van der Waals surface area (Å²) in [5, 5.41) is 7.22. The van der Waals surface area contributed by atoms with Gasteiger partial charge in [0, 0.05) is 17.9 Å². The highest BCUT2D eigenvalue weighted by Gasteiger charge is 2.23. The third-order valence-corrected chi connectivity index (χ3v) is 2.27. The first-order chi connectivity index (χ1) is 6.27. The fourth-order valence-electron chi connectivity index (χ4n) is 1.66. The largest absolute Gasteiger partial charge is 0.493 e. The maximum absolute atomic E-state index is 7.22. The van der Waals surface area contributed by atoms with E-state index in [0.717, 1.165) is 5.75 Å². The van der Waals surface area contributed by atoms with Crippen molar-refractivity contribution in [3.05, 3.63) is 29.8 Å². The fourth-order valence-corrected chi connectivity index (χ4v) is 1.66. The molecule has 13 heavy (non-hydrogen) atoms. The lowest BCUT2D eigenvalue weighted by Gasteiger charge is -2.05. The van der Waals surface area contributed by atoms with Crippen molar-refractivity contribution in [2.24, 2.45) is 5.73 Å². The molecule has 1 aromatic rings. The predicted molar refractivity (Wildman–Crippen MR) is 51.2 cm³/mol. The van der Waals surface area contributed by atoms with E-state index in [0.29, 0.717) is 13.0 Å². The lowest BCUT2D eigenvalue weighted by atomic mass is 9.98. The molecule has 0 spiro atoms. The van der Waals surface area contributed by atoms with Gasteiger partial charge in [-0.25, -0.2) is 0 Å². The van der Waals surface area contributed by atoms with Gasteiger partial charge in [0.2, 0.25) is 0 Å². The lowest BCUT2D eigenvalue weighted by molar-refractivity contribution is 0.333. The normalized spacial score (nSPS) is 19.2. The van der Waals surface area contributed by atoms with Crippen LogP contribution in [-0.4, -0.2) is 12.4 Å². The molecule has 1 atom stereocenters. The van der Waals surface area contributed by atoms with E-state index in [1.54, 1.807) is 0 Å². The first-order valence-electron chi connectivity index (χ1n) is 4.32. The minimum atomic E-state index is 0.227. The molecule has 0 aliphatic carbocycles. The molecule has 1 aliphatic heterocycles. The summed E-state index contributed by atoms with van der Waals surface area (Å²) < 4.78 is 5.46. The maximum Gasteiger partial charge on any atom is 0.122 e. The average molecular weight is 176 g/mol. The molecule has 0 fully saturated rings. The second-order valence-corrected chi connectivity index (χ2v) is 3.28. The van der Waals surface area contributed by atoms with Gasteiger partial charge in [-0.3, -0.25) is 5.41 Å². The van der Waals surface area contributed by atoms with E-state index in [-0.39, 0.29) is 11.8 Å². The molecule has 3 heteroatoms. The van der Waals surface area contributed by atoms with Gasteiger partial charge in [0.15, 0.2) is 0 Å². The van der Waals surface area contributed by atoms with Gasteiger partial charge in [0.1, 0.15) is 5.75 Å². The van der Waals surface area contributed by atoms with E-state index in [1.807, 2.05) is 24.3 Å². The highest BCUT2D eigenvalue weighted by molar-refractivity contribution is 5.78. The van der Waals surface area contributed by atoms with Gasteiger partial charge in [0.25, 0.3) is 0 Å². The maximum atomic E-state index is 7.22. The fraction of sp³-hybridized carbons (Fsp3) is 0.300. The van der Waals surface area contributed by atoms with Crippen LogP contribution in [0.15, 0.2) is 24.3 Å². The molecule has 0 bridgehead atoms. The zero-order valence-corrected chi connectivity index (χ0v) is 7.29. The van der Waals surface area contributed by atoms with Crippen LogP contribution in [0.25, 0.3) is 0 Å². The number of hydrogen-bond donors (Lipinski definition) is 2. The van der Waals surface area contributed by atoms with Crippen molar-refractivity contribution in [2.45, 2.75) is 12.3 Å². The summed E-state index contributed by atoms with van der Waals surface area (Å²) >= 11 is 0. The van der Waals surface area contributed by atoms with Crippen LogP contribution in [0.5, 0.6) is 5.75 Å². The van der Waals surface area contributed by atoms with E-state index in [1.165, 1.54) is 5.56 Å². The van der Waals surface area contributed by atoms with Crippen LogP contribution in [0, 0.1) is 5.41 Å². The molecular formula is C10H12N2O. The Morgan fingerprint density at radius 2 is 2.31 bits per heavy atom. The van der Waals surface area contributed by atoms with Crippen molar-refractivity contribution in [3.63, 3.8) is 0 Å². The van der Waals surface area contributed by atoms with E-state index < -0.39 is 0 Å². The van der Waals surface area contributed by atoms with E-state index in [4.69, 9.17) is 15.9 Å². The van der Waals surface area contributed by atoms with Gasteiger partial charge < -0.3 is 10.5 Å². The number of nitrogens with two attached hydrogens (primary N) is 1. The van der Waals surface area contributed by atoms with Gasteiger partial charge in [0.05, 0.1) is 12.4 Å². The number of fused-ring (bicyclic) bond motifs is 1. The molecule has 0 aromatic heterocycles. The summed E-state index contributed by atoms with van der Waals surface area (Å²) in [6.45, 7) is 0.652. The number of nitrogens with one attached hydrogen (secondary N) is 1. The average Bonchev–Trinajstić information content (AvgIpc) is 2.48. The van der Waals surface area contributed by atoms with Crippen LogP contribution < -0.4 is 10.5 Å². The zero-order valence-electron chi connectivity index (χ0n) is 7.29. The number of hydrogen-bond acceptors (Lipinski definition) is 2. The van der Waals surface area contributed by atoms with Gasteiger partial charge >= 0.3 is 0 Å². The highest BCUT2D eigenvalue weighted by atomic mass is 16.5. The van der Waals surface area contributed by atoms with Crippen molar-refractivity contribution in [1.82, 2.24) is 0 Å². The van der Waals surface area contributed by atoms with Gasteiger partial charge in [-0.1, -0.05) is 18.2 Å². The molecule has 0 unspecified atom stereocenters. The number of rotatable bonds is 2. The van der Waals surface area contributed by atoms with E-state index in [2.05, 4.69) is 0 Å². The molecule has 3 nitrogen and oxygen atoms in total. The summed E-state index contributed by atoms with van der Waals surface area (Å²) in [6, 6.07) is 7.93. The molecule has 1 heterocycles. The molecule has 2 rings (SSSR count). The van der Waals surface area contributed by atoms with Crippen LogP contribution in [0.4, 0.5) is 0 Å². The lowest BCUT2D eigenvalue weighted by Crippen LogP contribution is -2.15. The van der Waals surface area contributed by atoms with Crippen molar-refractivity contribution < 1.29 is 4.74 Å². The Morgan fingerprint density at radius 1 is 1.54 bits per heavy atom. The first-order valence-corrected chi connectivity index (χ1v) is 4.32. The van der Waals surface area contributed by atoms with Gasteiger partial charge in [-0.05, 0) is 6.07 Å². The third-order valence-electron chi connectivity index (χ3n) is 2.27. The van der Waals surface area contributed by atoms with Crippen molar-refractivity contribution >= 4 is 5.84 Å². The molecule has 0 amide bonds. The summed E-state index contributed by atoms with van der Waals surface area (Å²) in [5.41, 5.74) is 6.54. The molecule has 1 aliphatic rings. The topological polar surface area (TPSA) is 59.1 Å². The van der Waals surface area contributed by atoms with Crippen molar-refractivity contribution in [2.75, 3.05) is 6.61 Å². The Hall–Kier alpha value is -1.51. The first kappa shape index (κ1) is 8.10. The summed E-state index contributed by atoms with van der Waals surface area (Å²) in [6.07, 6.45) is 0.594. The third kappa shape index (κ3) is 1.49. The Morgan fingerprint density at radius 3 is 3.08 bits per heavy atom. The summed E-state index contributed by atoms with van der Waals surface area (Å²) in [4.78, 5) is 0. The van der Waals surface area contributed by atoms with E-state index >= 15 is 0 Å². The molecule has 1 aromatic carbocycles. The summed E-state index contributed by atoms with van der Waals surface area (Å²) in [7, 11) is 0. The Labute approximate surface area is 77.0 Å². The number of amidine groups is 1. The standard InChI is InChI=1S/C10H12N2O/c11-10(12)5-7-6-13-9-4-2-1-3-8(7)9/h1-4,7H,5-6H2,(H3,11,12)/t7-/m0/s1. The van der Waals surface area contributed by atoms with Crippen LogP contribution in [0.3, 0.4) is 0 Å². The minimum Gasteiger partial charge on any atom is -0.493 e. The highest BCUT2D eigenvalue weighted by Crippen LogP contribution is 2.35. The quantitative estimate of drug-likeness (QED) is 0.529. The molecular weight excluding hydrogens is 164 g/mol. The van der Waals surface area contributed by atoms with Crippen molar-refractivity contribution in [3.8, 4) is 5.75 Å². The molecule has 0 saturated carbocycles. The monoisotopic (exact) mass is 176 g/mol. The Bertz CT molecular complexity index is 335. The van der Waals surface area contributed by atoms with Gasteiger partial charge in [-0.15, -0.1) is 0 Å². The summed E-state index contributed by atoms with van der Waals surface area (Å²) in [5.74, 6) is 1.44. The SMILES string of the molecule is N=C(N)C[C@H]1COc2ccccc21.